The molecule has 21 heavy (non-hydrogen) atoms. The molecule has 2 saturated carbocycles. The summed E-state index contributed by atoms with van der Waals surface area (Å²) >= 11 is 0. The Bertz CT molecular complexity index is 302. The summed E-state index contributed by atoms with van der Waals surface area (Å²) in [6, 6.07) is 0. The lowest BCUT2D eigenvalue weighted by molar-refractivity contribution is -0.133. The molecule has 1 aliphatic heterocycles. The summed E-state index contributed by atoms with van der Waals surface area (Å²) in [5, 5.41) is 0. The number of rotatable bonds is 4. The van der Waals surface area contributed by atoms with Crippen molar-refractivity contribution in [3.8, 4) is 0 Å². The van der Waals surface area contributed by atoms with Gasteiger partial charge in [0.05, 0.1) is 0 Å². The number of Topliss-reactive ketones (excluding diaryl/α,β-unsaturated/α-hetero) is 1. The van der Waals surface area contributed by atoms with E-state index in [0.717, 1.165) is 26.1 Å². The molecule has 0 radical (unpaired) electrons. The quantitative estimate of drug-likeness (QED) is 0.747. The first-order chi connectivity index (χ1) is 10.4. The molecule has 1 atom stereocenters. The first-order valence-electron chi connectivity index (χ1n) is 9.47. The minimum absolute atomic E-state index is 0.373. The van der Waals surface area contributed by atoms with Crippen molar-refractivity contribution in [1.29, 1.82) is 0 Å². The van der Waals surface area contributed by atoms with Crippen molar-refractivity contribution < 1.29 is 9.53 Å². The number of carbonyl (C=O) groups is 1. The SMILES string of the molecule is O=C(C1CCCCC1)C(C1CCCCC1)C1CCOCC1. The Kier molecular flexibility index (Phi) is 5.74. The lowest BCUT2D eigenvalue weighted by atomic mass is 9.66. The van der Waals surface area contributed by atoms with E-state index in [9.17, 15) is 4.79 Å². The van der Waals surface area contributed by atoms with E-state index in [1.807, 2.05) is 0 Å². The molecule has 1 saturated heterocycles. The molecule has 3 aliphatic rings. The fourth-order valence-electron chi connectivity index (χ4n) is 5.08. The highest BCUT2D eigenvalue weighted by Gasteiger charge is 2.39. The van der Waals surface area contributed by atoms with Crippen LogP contribution in [0.4, 0.5) is 0 Å². The Hall–Kier alpha value is -0.370. The van der Waals surface area contributed by atoms with E-state index in [4.69, 9.17) is 4.74 Å². The Morgan fingerprint density at radius 3 is 1.86 bits per heavy atom. The monoisotopic (exact) mass is 292 g/mol. The fraction of sp³-hybridized carbons (Fsp3) is 0.947. The standard InChI is InChI=1S/C19H32O2/c20-19(17-9-5-2-6-10-17)18(15-7-3-1-4-8-15)16-11-13-21-14-12-16/h15-18H,1-14H2. The van der Waals surface area contributed by atoms with Crippen molar-refractivity contribution in [1.82, 2.24) is 0 Å². The van der Waals surface area contributed by atoms with Gasteiger partial charge in [-0.15, -0.1) is 0 Å². The van der Waals surface area contributed by atoms with Gasteiger partial charge in [0.2, 0.25) is 0 Å². The highest BCUT2D eigenvalue weighted by Crippen LogP contribution is 2.41. The minimum Gasteiger partial charge on any atom is -0.381 e. The summed E-state index contributed by atoms with van der Waals surface area (Å²) < 4.78 is 5.55. The smallest absolute Gasteiger partial charge is 0.139 e. The molecule has 120 valence electrons. The van der Waals surface area contributed by atoms with Crippen LogP contribution in [0.15, 0.2) is 0 Å². The van der Waals surface area contributed by atoms with Gasteiger partial charge < -0.3 is 4.74 Å². The lowest BCUT2D eigenvalue weighted by Gasteiger charge is -2.39. The van der Waals surface area contributed by atoms with Crippen molar-refractivity contribution in [3.63, 3.8) is 0 Å². The van der Waals surface area contributed by atoms with E-state index in [1.54, 1.807) is 0 Å². The second kappa shape index (κ2) is 7.76. The van der Waals surface area contributed by atoms with E-state index >= 15 is 0 Å². The Labute approximate surface area is 130 Å². The molecule has 0 N–H and O–H groups in total. The average Bonchev–Trinajstić information content (AvgIpc) is 2.58. The van der Waals surface area contributed by atoms with Crippen molar-refractivity contribution >= 4 is 5.78 Å². The van der Waals surface area contributed by atoms with E-state index in [-0.39, 0.29) is 0 Å². The Morgan fingerprint density at radius 2 is 1.24 bits per heavy atom. The van der Waals surface area contributed by atoms with E-state index in [0.29, 0.717) is 29.5 Å². The van der Waals surface area contributed by atoms with Gasteiger partial charge in [-0.25, -0.2) is 0 Å². The predicted octanol–water partition coefficient (Wildman–Crippen LogP) is 4.76. The average molecular weight is 292 g/mol. The summed E-state index contributed by atoms with van der Waals surface area (Å²) in [4.78, 5) is 13.3. The zero-order chi connectivity index (χ0) is 14.5. The van der Waals surface area contributed by atoms with Gasteiger partial charge in [-0.1, -0.05) is 38.5 Å². The second-order valence-electron chi connectivity index (χ2n) is 7.61. The van der Waals surface area contributed by atoms with Crippen LogP contribution in [0.25, 0.3) is 0 Å². The van der Waals surface area contributed by atoms with Gasteiger partial charge in [0.1, 0.15) is 5.78 Å². The highest BCUT2D eigenvalue weighted by molar-refractivity contribution is 5.84. The first kappa shape index (κ1) is 15.5. The molecular formula is C19H32O2. The van der Waals surface area contributed by atoms with Gasteiger partial charge in [0, 0.05) is 25.0 Å². The van der Waals surface area contributed by atoms with Gasteiger partial charge >= 0.3 is 0 Å². The van der Waals surface area contributed by atoms with Crippen molar-refractivity contribution in [2.75, 3.05) is 13.2 Å². The zero-order valence-electron chi connectivity index (χ0n) is 13.5. The highest BCUT2D eigenvalue weighted by atomic mass is 16.5. The number of hydrogen-bond acceptors (Lipinski definition) is 2. The normalized spacial score (nSPS) is 28.4. The molecular weight excluding hydrogens is 260 g/mol. The molecule has 1 unspecified atom stereocenters. The van der Waals surface area contributed by atoms with Crippen LogP contribution in [0.1, 0.15) is 77.0 Å². The number of ether oxygens (including phenoxy) is 1. The molecule has 0 aromatic heterocycles. The van der Waals surface area contributed by atoms with Crippen LogP contribution in [-0.2, 0) is 9.53 Å². The molecule has 1 heterocycles. The zero-order valence-corrected chi connectivity index (χ0v) is 13.5. The predicted molar refractivity (Wildman–Crippen MR) is 85.2 cm³/mol. The van der Waals surface area contributed by atoms with E-state index in [1.165, 1.54) is 64.2 Å². The molecule has 2 nitrogen and oxygen atoms in total. The van der Waals surface area contributed by atoms with Crippen molar-refractivity contribution in [3.05, 3.63) is 0 Å². The van der Waals surface area contributed by atoms with Crippen LogP contribution in [0, 0.1) is 23.7 Å². The van der Waals surface area contributed by atoms with Gasteiger partial charge in [0.25, 0.3) is 0 Å². The van der Waals surface area contributed by atoms with Crippen molar-refractivity contribution in [2.45, 2.75) is 77.0 Å². The maximum absolute atomic E-state index is 13.3. The third kappa shape index (κ3) is 3.88. The van der Waals surface area contributed by atoms with E-state index in [2.05, 4.69) is 0 Å². The third-order valence-corrected chi connectivity index (χ3v) is 6.27. The fourth-order valence-corrected chi connectivity index (χ4v) is 5.08. The van der Waals surface area contributed by atoms with Gasteiger partial charge in [-0.05, 0) is 50.4 Å². The molecule has 3 rings (SSSR count). The number of ketones is 1. The van der Waals surface area contributed by atoms with Crippen LogP contribution in [-0.4, -0.2) is 19.0 Å². The minimum atomic E-state index is 0.373. The molecule has 2 aliphatic carbocycles. The third-order valence-electron chi connectivity index (χ3n) is 6.27. The summed E-state index contributed by atoms with van der Waals surface area (Å²) in [6.45, 7) is 1.76. The van der Waals surface area contributed by atoms with Gasteiger partial charge in [0.15, 0.2) is 0 Å². The summed E-state index contributed by atoms with van der Waals surface area (Å²) in [7, 11) is 0. The van der Waals surface area contributed by atoms with Crippen LogP contribution >= 0.6 is 0 Å². The molecule has 3 fully saturated rings. The number of hydrogen-bond donors (Lipinski definition) is 0. The molecule has 0 bridgehead atoms. The van der Waals surface area contributed by atoms with Gasteiger partial charge in [-0.2, -0.15) is 0 Å². The maximum Gasteiger partial charge on any atom is 0.139 e. The maximum atomic E-state index is 13.3. The first-order valence-corrected chi connectivity index (χ1v) is 9.47. The van der Waals surface area contributed by atoms with Crippen LogP contribution in [0.5, 0.6) is 0 Å². The summed E-state index contributed by atoms with van der Waals surface area (Å²) in [6.07, 6.45) is 15.2. The Morgan fingerprint density at radius 1 is 0.714 bits per heavy atom. The molecule has 0 amide bonds. The Balaban J connectivity index is 1.71. The van der Waals surface area contributed by atoms with Gasteiger partial charge in [-0.3, -0.25) is 4.79 Å². The second-order valence-corrected chi connectivity index (χ2v) is 7.61. The summed E-state index contributed by atoms with van der Waals surface area (Å²) in [5.74, 6) is 2.74. The lowest BCUT2D eigenvalue weighted by Crippen LogP contribution is -2.39. The van der Waals surface area contributed by atoms with Crippen LogP contribution < -0.4 is 0 Å². The van der Waals surface area contributed by atoms with E-state index < -0.39 is 0 Å². The summed E-state index contributed by atoms with van der Waals surface area (Å²) in [5.41, 5.74) is 0. The number of carbonyl (C=O) groups excluding carboxylic acids is 1. The topological polar surface area (TPSA) is 26.3 Å². The molecule has 0 aromatic rings. The van der Waals surface area contributed by atoms with Crippen LogP contribution in [0.2, 0.25) is 0 Å². The molecule has 2 heteroatoms. The molecule has 0 spiro atoms. The van der Waals surface area contributed by atoms with Crippen LogP contribution in [0.3, 0.4) is 0 Å². The van der Waals surface area contributed by atoms with Crippen molar-refractivity contribution in [2.24, 2.45) is 23.7 Å². The largest absolute Gasteiger partial charge is 0.381 e. The molecule has 0 aromatic carbocycles.